The molecule has 2 saturated heterocycles. The van der Waals surface area contributed by atoms with E-state index in [-0.39, 0.29) is 123 Å². The molecule has 0 aromatic heterocycles. The number of piperidine rings is 2. The highest BCUT2D eigenvalue weighted by atomic mass is 16.6. The van der Waals surface area contributed by atoms with E-state index in [1.165, 1.54) is 12.1 Å². The van der Waals surface area contributed by atoms with E-state index < -0.39 is 70.9 Å². The largest absolute Gasteiger partial charge is 0.493 e. The van der Waals surface area contributed by atoms with Crippen LogP contribution in [0.3, 0.4) is 0 Å². The molecule has 376 valence electrons. The summed E-state index contributed by atoms with van der Waals surface area (Å²) in [5, 5.41) is 18.1. The molecule has 0 bridgehead atoms. The Balaban J connectivity index is 0.000000262. The number of rotatable bonds is 22. The molecular formula is C48H58N6O16. The van der Waals surface area contributed by atoms with E-state index in [0.29, 0.717) is 44.9 Å². The lowest BCUT2D eigenvalue weighted by Gasteiger charge is -2.27. The Morgan fingerprint density at radius 3 is 1.43 bits per heavy atom. The fourth-order valence-corrected chi connectivity index (χ4v) is 7.88. The normalized spacial score (nSPS) is 17.5. The molecular weight excluding hydrogens is 917 g/mol. The molecule has 0 saturated carbocycles. The number of benzene rings is 2. The minimum Gasteiger partial charge on any atom is -0.493 e. The van der Waals surface area contributed by atoms with Gasteiger partial charge in [-0.3, -0.25) is 78.0 Å². The first kappa shape index (κ1) is 53.4. The second-order valence-corrected chi connectivity index (χ2v) is 17.8. The van der Waals surface area contributed by atoms with Crippen LogP contribution >= 0.6 is 0 Å². The maximum absolute atomic E-state index is 13.0. The number of nitrogens with one attached hydrogen (secondary N) is 4. The van der Waals surface area contributed by atoms with Gasteiger partial charge >= 0.3 is 11.9 Å². The number of carboxylic acids is 1. The number of carboxylic acid groups (broad SMARTS) is 1. The average Bonchev–Trinajstić information content (AvgIpc) is 3.69. The first-order valence-corrected chi connectivity index (χ1v) is 23.2. The lowest BCUT2D eigenvalue weighted by atomic mass is 10.0. The van der Waals surface area contributed by atoms with Crippen molar-refractivity contribution in [2.75, 3.05) is 26.3 Å². The van der Waals surface area contributed by atoms with Crippen LogP contribution < -0.4 is 30.7 Å². The Hall–Kier alpha value is -7.52. The van der Waals surface area contributed by atoms with Gasteiger partial charge in [-0.2, -0.15) is 0 Å². The molecule has 2 aromatic rings. The van der Waals surface area contributed by atoms with Crippen molar-refractivity contribution in [3.05, 3.63) is 58.7 Å². The number of hydrogen-bond donors (Lipinski definition) is 5. The van der Waals surface area contributed by atoms with Crippen LogP contribution in [0.25, 0.3) is 0 Å². The molecule has 4 heterocycles. The molecule has 0 aliphatic carbocycles. The average molecular weight is 975 g/mol. The monoisotopic (exact) mass is 974 g/mol. The van der Waals surface area contributed by atoms with Crippen molar-refractivity contribution in [1.82, 2.24) is 31.1 Å². The Kier molecular flexibility index (Phi) is 18.8. The highest BCUT2D eigenvalue weighted by molar-refractivity contribution is 6.25. The summed E-state index contributed by atoms with van der Waals surface area (Å²) in [5.74, 6) is -5.82. The van der Waals surface area contributed by atoms with E-state index in [9.17, 15) is 57.5 Å². The molecule has 0 spiro atoms. The summed E-state index contributed by atoms with van der Waals surface area (Å²) in [6, 6.07) is 7.30. The summed E-state index contributed by atoms with van der Waals surface area (Å²) in [5.41, 5.74) is -0.0271. The third-order valence-electron chi connectivity index (χ3n) is 11.2. The smallest absolute Gasteiger partial charge is 0.308 e. The molecule has 2 aromatic carbocycles. The van der Waals surface area contributed by atoms with Gasteiger partial charge in [0.15, 0.2) is 0 Å². The molecule has 2 unspecified atom stereocenters. The van der Waals surface area contributed by atoms with E-state index in [1.54, 1.807) is 45.0 Å². The van der Waals surface area contributed by atoms with Crippen LogP contribution in [0.4, 0.5) is 0 Å². The van der Waals surface area contributed by atoms with E-state index in [4.69, 9.17) is 19.3 Å². The third-order valence-corrected chi connectivity index (χ3v) is 11.2. The van der Waals surface area contributed by atoms with Gasteiger partial charge < -0.3 is 30.0 Å². The number of aliphatic carboxylic acids is 1. The minimum atomic E-state index is -1.04. The quantitative estimate of drug-likeness (QED) is 0.0643. The number of carbonyl (C=O) groups excluding carboxylic acids is 11. The van der Waals surface area contributed by atoms with Crippen LogP contribution in [0.5, 0.6) is 11.5 Å². The van der Waals surface area contributed by atoms with Gasteiger partial charge in [0, 0.05) is 38.8 Å². The van der Waals surface area contributed by atoms with Gasteiger partial charge in [0.2, 0.25) is 35.4 Å². The van der Waals surface area contributed by atoms with Crippen LogP contribution in [0.15, 0.2) is 36.4 Å². The first-order chi connectivity index (χ1) is 33.3. The van der Waals surface area contributed by atoms with Crippen molar-refractivity contribution in [2.24, 2.45) is 0 Å². The number of fused-ring (bicyclic) bond motifs is 2. The zero-order valence-electron chi connectivity index (χ0n) is 39.3. The predicted molar refractivity (Wildman–Crippen MR) is 243 cm³/mol. The van der Waals surface area contributed by atoms with E-state index >= 15 is 0 Å². The van der Waals surface area contributed by atoms with Crippen LogP contribution in [-0.4, -0.2) is 130 Å². The van der Waals surface area contributed by atoms with Gasteiger partial charge in [0.05, 0.1) is 48.3 Å². The fraction of sp³-hybridized carbons (Fsp3) is 0.500. The number of hydrogen-bond acceptors (Lipinski definition) is 15. The van der Waals surface area contributed by atoms with Crippen LogP contribution in [0.1, 0.15) is 152 Å². The number of imide groups is 4. The molecule has 6 rings (SSSR count). The first-order valence-electron chi connectivity index (χ1n) is 23.2. The second kappa shape index (κ2) is 24.7. The zero-order valence-corrected chi connectivity index (χ0v) is 39.3. The van der Waals surface area contributed by atoms with Gasteiger partial charge in [0.25, 0.3) is 23.6 Å². The number of amides is 10. The molecule has 4 aliphatic heterocycles. The summed E-state index contributed by atoms with van der Waals surface area (Å²) in [4.78, 5) is 146. The van der Waals surface area contributed by atoms with Crippen molar-refractivity contribution in [1.29, 1.82) is 0 Å². The summed E-state index contributed by atoms with van der Waals surface area (Å²) in [7, 11) is 0. The maximum atomic E-state index is 13.0. The predicted octanol–water partition coefficient (Wildman–Crippen LogP) is 2.49. The highest BCUT2D eigenvalue weighted by Crippen LogP contribution is 2.35. The Morgan fingerprint density at radius 2 is 1.03 bits per heavy atom. The fourth-order valence-electron chi connectivity index (χ4n) is 7.88. The van der Waals surface area contributed by atoms with Crippen LogP contribution in [0.2, 0.25) is 0 Å². The molecule has 2 fully saturated rings. The lowest BCUT2D eigenvalue weighted by molar-refractivity contribution is -0.154. The van der Waals surface area contributed by atoms with Gasteiger partial charge in [-0.1, -0.05) is 12.1 Å². The van der Waals surface area contributed by atoms with E-state index in [1.807, 2.05) is 0 Å². The Morgan fingerprint density at radius 1 is 0.600 bits per heavy atom. The molecule has 4 aliphatic rings. The topological polar surface area (TPSA) is 307 Å². The number of ether oxygens (including phenoxy) is 3. The van der Waals surface area contributed by atoms with E-state index in [0.717, 1.165) is 9.80 Å². The van der Waals surface area contributed by atoms with Crippen LogP contribution in [-0.2, 0) is 43.1 Å². The summed E-state index contributed by atoms with van der Waals surface area (Å²) in [6.45, 7) is 6.20. The lowest BCUT2D eigenvalue weighted by Crippen LogP contribution is -2.54. The van der Waals surface area contributed by atoms with Crippen molar-refractivity contribution < 1.29 is 76.9 Å². The van der Waals surface area contributed by atoms with Crippen molar-refractivity contribution >= 4 is 71.0 Å². The molecule has 10 amide bonds. The SMILES string of the molecule is CC(C)(C)OC(=O)CCNC(=O)CCCCCOc1cccc2c1C(=O)N(C1CCC(=O)NC1=O)C2=O.O=C(O)CCNC(=O)CCCCCOc1cccc2c1C(=O)N(C1CCC(=O)NC1=O)C2=O. The molecule has 2 atom stereocenters. The molecule has 70 heavy (non-hydrogen) atoms. The van der Waals surface area contributed by atoms with E-state index in [2.05, 4.69) is 21.3 Å². The van der Waals surface area contributed by atoms with Gasteiger partial charge in [-0.25, -0.2) is 0 Å². The molecule has 5 N–H and O–H groups in total. The van der Waals surface area contributed by atoms with Gasteiger partial charge in [-0.05, 0) is 96.4 Å². The molecule has 22 heteroatoms. The molecule has 0 radical (unpaired) electrons. The third kappa shape index (κ3) is 14.5. The van der Waals surface area contributed by atoms with Crippen molar-refractivity contribution in [3.8, 4) is 11.5 Å². The highest BCUT2D eigenvalue weighted by Gasteiger charge is 2.47. The standard InChI is InChI=1S/C26H33N3O8.C22H25N3O8/c1-26(2,3)37-21(32)13-14-27-19(30)10-5-4-6-15-36-18-9-7-8-16-22(18)25(35)29(24(16)34)17-11-12-20(31)28-23(17)33;26-16(23-11-10-18(28)29)7-2-1-3-12-33-15-6-4-5-13-19(15)22(32)25(21(13)31)14-8-9-17(27)24-20(14)30/h7-9,17H,4-6,10-15H2,1-3H3,(H,27,30)(H,28,31,33);4-6,14H,1-3,7-12H2,(H,23,26)(H,28,29)(H,24,27,30). The maximum Gasteiger partial charge on any atom is 0.308 e. The number of nitrogens with zero attached hydrogens (tertiary/aromatic N) is 2. The number of carbonyl (C=O) groups is 12. The zero-order chi connectivity index (χ0) is 51.1. The van der Waals surface area contributed by atoms with Crippen LogP contribution in [0, 0.1) is 0 Å². The second-order valence-electron chi connectivity index (χ2n) is 17.8. The van der Waals surface area contributed by atoms with Crippen molar-refractivity contribution in [2.45, 2.75) is 128 Å². The summed E-state index contributed by atoms with van der Waals surface area (Å²) >= 11 is 0. The number of esters is 1. The summed E-state index contributed by atoms with van der Waals surface area (Å²) < 4.78 is 16.7. The minimum absolute atomic E-state index is 0.0464. The van der Waals surface area contributed by atoms with Crippen molar-refractivity contribution in [3.63, 3.8) is 0 Å². The summed E-state index contributed by atoms with van der Waals surface area (Å²) in [6.07, 6.45) is 4.64. The Bertz CT molecular complexity index is 2410. The van der Waals surface area contributed by atoms with Gasteiger partial charge in [-0.15, -0.1) is 0 Å². The molecule has 22 nitrogen and oxygen atoms in total. The number of unbranched alkanes of at least 4 members (excludes halogenated alkanes) is 4. The van der Waals surface area contributed by atoms with Gasteiger partial charge in [0.1, 0.15) is 29.2 Å². The Labute approximate surface area is 402 Å².